The number of rotatable bonds is 7. The van der Waals surface area contributed by atoms with E-state index in [0.717, 1.165) is 7.11 Å². The molecule has 0 unspecified atom stereocenters. The molecule has 32 heavy (non-hydrogen) atoms. The van der Waals surface area contributed by atoms with E-state index in [4.69, 9.17) is 23.7 Å². The first-order valence-corrected chi connectivity index (χ1v) is 9.84. The fraction of sp³-hybridized carbons (Fsp3) is 0.524. The topological polar surface area (TPSA) is 130 Å². The van der Waals surface area contributed by atoms with Crippen molar-refractivity contribution < 1.29 is 42.9 Å². The van der Waals surface area contributed by atoms with Crippen LogP contribution >= 0.6 is 0 Å². The monoisotopic (exact) mass is 450 g/mol. The summed E-state index contributed by atoms with van der Waals surface area (Å²) in [5.41, 5.74) is 0.538. The first-order valence-electron chi connectivity index (χ1n) is 9.84. The van der Waals surface area contributed by atoms with Gasteiger partial charge in [-0.15, -0.1) is 0 Å². The molecule has 0 saturated carbocycles. The van der Waals surface area contributed by atoms with Gasteiger partial charge in [0, 0.05) is 18.8 Å². The summed E-state index contributed by atoms with van der Waals surface area (Å²) in [6.07, 6.45) is -0.906. The van der Waals surface area contributed by atoms with Crippen molar-refractivity contribution in [1.82, 2.24) is 5.32 Å². The fourth-order valence-corrected chi connectivity index (χ4v) is 4.46. The lowest BCUT2D eigenvalue weighted by Gasteiger charge is -2.49. The standard InChI is InChI=1S/C21H26N2O9/c1-28-11-8-6-10(7-9-11)23-16(17(29-2)18(23)24)14-12(19(25)30-3)13(20(26)31-4)15(22-14)21(27)32-5/h6-9,12-17,22H,1-5H3/t12-,13-,14+,15-,16-,17+/m0/s1. The van der Waals surface area contributed by atoms with Gasteiger partial charge in [0.25, 0.3) is 5.91 Å². The van der Waals surface area contributed by atoms with E-state index in [1.807, 2.05) is 0 Å². The molecule has 3 rings (SSSR count). The van der Waals surface area contributed by atoms with Crippen LogP contribution in [0.3, 0.4) is 0 Å². The average molecular weight is 450 g/mol. The van der Waals surface area contributed by atoms with E-state index in [2.05, 4.69) is 5.32 Å². The van der Waals surface area contributed by atoms with Gasteiger partial charge in [-0.1, -0.05) is 0 Å². The van der Waals surface area contributed by atoms with Gasteiger partial charge < -0.3 is 28.6 Å². The molecule has 0 bridgehead atoms. The highest BCUT2D eigenvalue weighted by atomic mass is 16.5. The lowest BCUT2D eigenvalue weighted by Crippen LogP contribution is -2.73. The molecule has 2 heterocycles. The first kappa shape index (κ1) is 23.5. The smallest absolute Gasteiger partial charge is 0.323 e. The summed E-state index contributed by atoms with van der Waals surface area (Å²) in [7, 11) is 6.41. The van der Waals surface area contributed by atoms with Gasteiger partial charge in [0.1, 0.15) is 11.8 Å². The highest BCUT2D eigenvalue weighted by Gasteiger charge is 2.63. The van der Waals surface area contributed by atoms with Crippen LogP contribution in [0.5, 0.6) is 5.75 Å². The minimum Gasteiger partial charge on any atom is -0.497 e. The van der Waals surface area contributed by atoms with E-state index >= 15 is 0 Å². The Balaban J connectivity index is 2.05. The molecule has 2 saturated heterocycles. The number of carbonyl (C=O) groups excluding carboxylic acids is 4. The Bertz CT molecular complexity index is 888. The predicted molar refractivity (Wildman–Crippen MR) is 109 cm³/mol. The molecule has 0 aliphatic carbocycles. The minimum absolute atomic E-state index is 0.329. The number of methoxy groups -OCH3 is 5. The number of esters is 3. The van der Waals surface area contributed by atoms with Crippen LogP contribution in [0.4, 0.5) is 5.69 Å². The number of nitrogens with one attached hydrogen (secondary N) is 1. The molecule has 1 amide bonds. The second kappa shape index (κ2) is 9.53. The third kappa shape index (κ3) is 3.78. The van der Waals surface area contributed by atoms with Crippen LogP contribution in [-0.4, -0.2) is 83.6 Å². The van der Waals surface area contributed by atoms with Crippen LogP contribution in [0.1, 0.15) is 0 Å². The zero-order valence-corrected chi connectivity index (χ0v) is 18.4. The second-order valence-electron chi connectivity index (χ2n) is 7.34. The number of hydrogen-bond donors (Lipinski definition) is 1. The van der Waals surface area contributed by atoms with E-state index in [0.29, 0.717) is 11.4 Å². The molecule has 1 aromatic carbocycles. The number of amides is 1. The molecule has 174 valence electrons. The zero-order valence-electron chi connectivity index (χ0n) is 18.4. The van der Waals surface area contributed by atoms with Crippen molar-refractivity contribution >= 4 is 29.5 Å². The van der Waals surface area contributed by atoms with Crippen molar-refractivity contribution in [1.29, 1.82) is 0 Å². The quantitative estimate of drug-likeness (QED) is 0.330. The van der Waals surface area contributed by atoms with Crippen LogP contribution in [0.15, 0.2) is 24.3 Å². The van der Waals surface area contributed by atoms with E-state index < -0.39 is 54.0 Å². The van der Waals surface area contributed by atoms with Crippen LogP contribution in [0.2, 0.25) is 0 Å². The number of ether oxygens (including phenoxy) is 5. The molecule has 2 aliphatic heterocycles. The number of nitrogens with zero attached hydrogens (tertiary/aromatic N) is 1. The minimum atomic E-state index is -1.21. The summed E-state index contributed by atoms with van der Waals surface area (Å²) in [6.45, 7) is 0. The molecular formula is C21H26N2O9. The second-order valence-corrected chi connectivity index (χ2v) is 7.34. The molecule has 0 aromatic heterocycles. The van der Waals surface area contributed by atoms with Gasteiger partial charge in [-0.05, 0) is 24.3 Å². The lowest BCUT2D eigenvalue weighted by molar-refractivity contribution is -0.160. The number of benzene rings is 1. The maximum Gasteiger partial charge on any atom is 0.323 e. The van der Waals surface area contributed by atoms with E-state index in [1.54, 1.807) is 24.3 Å². The number of carbonyl (C=O) groups is 4. The number of β-lactam (4-membered cyclic amide) rings is 1. The highest BCUT2D eigenvalue weighted by Crippen LogP contribution is 2.41. The Labute approximate surface area is 184 Å². The summed E-state index contributed by atoms with van der Waals surface area (Å²) in [5, 5.41) is 3.01. The van der Waals surface area contributed by atoms with Crippen LogP contribution in [-0.2, 0) is 38.1 Å². The number of hydrogen-bond acceptors (Lipinski definition) is 10. The Morgan fingerprint density at radius 1 is 0.844 bits per heavy atom. The maximum atomic E-state index is 12.8. The molecule has 1 N–H and O–H groups in total. The predicted octanol–water partition coefficient (Wildman–Crippen LogP) is -0.483. The highest BCUT2D eigenvalue weighted by molar-refractivity contribution is 6.05. The van der Waals surface area contributed by atoms with Crippen molar-refractivity contribution in [3.8, 4) is 5.75 Å². The first-order chi connectivity index (χ1) is 15.3. The molecule has 1 aromatic rings. The van der Waals surface area contributed by atoms with Gasteiger partial charge in [0.15, 0.2) is 6.10 Å². The molecular weight excluding hydrogens is 424 g/mol. The maximum absolute atomic E-state index is 12.8. The molecule has 11 nitrogen and oxygen atoms in total. The van der Waals surface area contributed by atoms with Gasteiger partial charge in [-0.25, -0.2) is 0 Å². The SMILES string of the molecule is COC(=O)[C@@H]1[C@H]([C@H]2[C@@H](OC)C(=O)N2c2ccc(OC)cc2)N[C@H](C(=O)OC)[C@H]1C(=O)OC. The van der Waals surface area contributed by atoms with Gasteiger partial charge in [0.05, 0.1) is 46.3 Å². The Hall–Kier alpha value is -3.18. The fourth-order valence-electron chi connectivity index (χ4n) is 4.46. The summed E-state index contributed by atoms with van der Waals surface area (Å²) < 4.78 is 25.2. The van der Waals surface area contributed by atoms with Crippen molar-refractivity contribution in [2.24, 2.45) is 11.8 Å². The summed E-state index contributed by atoms with van der Waals surface area (Å²) in [6, 6.07) is 4.00. The van der Waals surface area contributed by atoms with Gasteiger partial charge >= 0.3 is 17.9 Å². The Morgan fingerprint density at radius 2 is 1.41 bits per heavy atom. The Morgan fingerprint density at radius 3 is 1.91 bits per heavy atom. The molecule has 2 aliphatic rings. The van der Waals surface area contributed by atoms with Crippen molar-refractivity contribution in [3.63, 3.8) is 0 Å². The summed E-state index contributed by atoms with van der Waals surface area (Å²) >= 11 is 0. The van der Waals surface area contributed by atoms with Crippen molar-refractivity contribution in [3.05, 3.63) is 24.3 Å². The van der Waals surface area contributed by atoms with Gasteiger partial charge in [0.2, 0.25) is 0 Å². The molecule has 0 spiro atoms. The zero-order chi connectivity index (χ0) is 23.6. The molecule has 2 fully saturated rings. The van der Waals surface area contributed by atoms with Crippen LogP contribution < -0.4 is 15.0 Å². The largest absolute Gasteiger partial charge is 0.497 e. The normalized spacial score (nSPS) is 29.2. The van der Waals surface area contributed by atoms with Crippen molar-refractivity contribution in [2.45, 2.75) is 24.2 Å². The van der Waals surface area contributed by atoms with Crippen LogP contribution in [0, 0.1) is 11.8 Å². The van der Waals surface area contributed by atoms with E-state index in [9.17, 15) is 19.2 Å². The molecule has 11 heteroatoms. The van der Waals surface area contributed by atoms with E-state index in [1.165, 1.54) is 33.3 Å². The third-order valence-electron chi connectivity index (χ3n) is 5.97. The van der Waals surface area contributed by atoms with Gasteiger partial charge in [-0.2, -0.15) is 0 Å². The Kier molecular flexibility index (Phi) is 6.99. The van der Waals surface area contributed by atoms with Crippen LogP contribution in [0.25, 0.3) is 0 Å². The average Bonchev–Trinajstić information content (AvgIpc) is 3.21. The molecule has 0 radical (unpaired) electrons. The summed E-state index contributed by atoms with van der Waals surface area (Å²) in [5.74, 6) is -4.32. The molecule has 6 atom stereocenters. The van der Waals surface area contributed by atoms with Gasteiger partial charge in [-0.3, -0.25) is 24.5 Å². The number of anilines is 1. The van der Waals surface area contributed by atoms with E-state index in [-0.39, 0.29) is 5.91 Å². The van der Waals surface area contributed by atoms with Crippen molar-refractivity contribution in [2.75, 3.05) is 40.4 Å². The third-order valence-corrected chi connectivity index (χ3v) is 5.97. The summed E-state index contributed by atoms with van der Waals surface area (Å²) in [4.78, 5) is 52.1. The lowest BCUT2D eigenvalue weighted by atomic mass is 9.79.